The average molecular weight is 160 g/mol. The van der Waals surface area contributed by atoms with Gasteiger partial charge >= 0.3 is 0 Å². The van der Waals surface area contributed by atoms with Crippen molar-refractivity contribution >= 4 is 0 Å². The summed E-state index contributed by atoms with van der Waals surface area (Å²) >= 11 is 0. The van der Waals surface area contributed by atoms with Gasteiger partial charge in [-0.15, -0.1) is 0 Å². The van der Waals surface area contributed by atoms with Crippen LogP contribution in [0.5, 0.6) is 0 Å². The zero-order chi connectivity index (χ0) is 8.95. The van der Waals surface area contributed by atoms with Crippen LogP contribution in [0.3, 0.4) is 0 Å². The molecular weight excluding hydrogens is 136 g/mol. The van der Waals surface area contributed by atoms with E-state index in [4.69, 9.17) is 5.11 Å². The molecular formula is C10H24O. The van der Waals surface area contributed by atoms with E-state index in [1.54, 1.807) is 0 Å². The number of hydrogen-bond donors (Lipinski definition) is 1. The summed E-state index contributed by atoms with van der Waals surface area (Å²) in [5, 5.41) is 8.42. The Bertz CT molecular complexity index is 38.1. The van der Waals surface area contributed by atoms with Gasteiger partial charge in [0.2, 0.25) is 0 Å². The summed E-state index contributed by atoms with van der Waals surface area (Å²) in [6.45, 7) is 6.58. The number of aliphatic hydroxyl groups is 1. The van der Waals surface area contributed by atoms with Crippen LogP contribution in [0.2, 0.25) is 0 Å². The minimum absolute atomic E-state index is 0.367. The van der Waals surface area contributed by atoms with E-state index in [2.05, 4.69) is 6.92 Å². The second-order valence-electron chi connectivity index (χ2n) is 2.49. The summed E-state index contributed by atoms with van der Waals surface area (Å²) in [5.41, 5.74) is 0. The minimum atomic E-state index is 0.367. The van der Waals surface area contributed by atoms with E-state index in [1.807, 2.05) is 13.8 Å². The number of rotatable bonds is 6. The lowest BCUT2D eigenvalue weighted by Crippen LogP contribution is -1.82. The van der Waals surface area contributed by atoms with Crippen LogP contribution in [0.1, 0.15) is 59.3 Å². The Kier molecular flexibility index (Phi) is 20.3. The molecule has 70 valence electrons. The molecule has 0 saturated carbocycles. The number of hydrogen-bond acceptors (Lipinski definition) is 1. The van der Waals surface area contributed by atoms with Crippen molar-refractivity contribution in [3.05, 3.63) is 0 Å². The van der Waals surface area contributed by atoms with Crippen molar-refractivity contribution in [1.82, 2.24) is 0 Å². The Balaban J connectivity index is 0. The first-order chi connectivity index (χ1) is 5.41. The van der Waals surface area contributed by atoms with Crippen LogP contribution in [-0.2, 0) is 0 Å². The largest absolute Gasteiger partial charge is 0.396 e. The zero-order valence-electron chi connectivity index (χ0n) is 8.40. The first kappa shape index (κ1) is 13.5. The standard InChI is InChI=1S/C8H18O.C2H6/c1-2-3-4-5-6-7-8-9;1-2/h9H,2-8H2,1H3;1-2H3. The molecule has 0 fully saturated rings. The predicted octanol–water partition coefficient (Wildman–Crippen LogP) is 3.37. The molecule has 0 aromatic rings. The maximum Gasteiger partial charge on any atom is 0.0431 e. The zero-order valence-corrected chi connectivity index (χ0v) is 8.40. The van der Waals surface area contributed by atoms with E-state index in [9.17, 15) is 0 Å². The monoisotopic (exact) mass is 160 g/mol. The van der Waals surface area contributed by atoms with Gasteiger partial charge in [0, 0.05) is 6.61 Å². The van der Waals surface area contributed by atoms with Gasteiger partial charge < -0.3 is 5.11 Å². The van der Waals surface area contributed by atoms with Crippen molar-refractivity contribution in [2.24, 2.45) is 0 Å². The predicted molar refractivity (Wildman–Crippen MR) is 51.8 cm³/mol. The van der Waals surface area contributed by atoms with E-state index >= 15 is 0 Å². The highest BCUT2D eigenvalue weighted by atomic mass is 16.2. The molecule has 0 aliphatic heterocycles. The van der Waals surface area contributed by atoms with Gasteiger partial charge in [0.25, 0.3) is 0 Å². The second-order valence-corrected chi connectivity index (χ2v) is 2.49. The third-order valence-electron chi connectivity index (χ3n) is 1.51. The molecule has 1 heteroatoms. The van der Waals surface area contributed by atoms with E-state index in [0.29, 0.717) is 6.61 Å². The Morgan fingerprint density at radius 2 is 1.27 bits per heavy atom. The molecule has 0 saturated heterocycles. The molecule has 0 aromatic heterocycles. The molecule has 1 nitrogen and oxygen atoms in total. The first-order valence-electron chi connectivity index (χ1n) is 5.02. The van der Waals surface area contributed by atoms with Crippen LogP contribution in [0, 0.1) is 0 Å². The van der Waals surface area contributed by atoms with Crippen molar-refractivity contribution in [1.29, 1.82) is 0 Å². The Morgan fingerprint density at radius 3 is 1.73 bits per heavy atom. The molecule has 0 aliphatic rings. The highest BCUT2D eigenvalue weighted by Gasteiger charge is 1.86. The molecule has 0 unspecified atom stereocenters. The molecule has 0 bridgehead atoms. The fourth-order valence-electron chi connectivity index (χ4n) is 0.892. The highest BCUT2D eigenvalue weighted by molar-refractivity contribution is 4.41. The van der Waals surface area contributed by atoms with E-state index in [-0.39, 0.29) is 0 Å². The first-order valence-corrected chi connectivity index (χ1v) is 5.02. The number of unbranched alkanes of at least 4 members (excludes halogenated alkanes) is 5. The third kappa shape index (κ3) is 17.8. The molecule has 0 heterocycles. The van der Waals surface area contributed by atoms with Crippen LogP contribution in [-0.4, -0.2) is 11.7 Å². The molecule has 0 spiro atoms. The molecule has 11 heavy (non-hydrogen) atoms. The molecule has 0 amide bonds. The van der Waals surface area contributed by atoms with Crippen LogP contribution in [0.4, 0.5) is 0 Å². The normalized spacial score (nSPS) is 8.73. The van der Waals surface area contributed by atoms with Gasteiger partial charge in [-0.25, -0.2) is 0 Å². The van der Waals surface area contributed by atoms with E-state index in [0.717, 1.165) is 6.42 Å². The Morgan fingerprint density at radius 1 is 0.818 bits per heavy atom. The van der Waals surface area contributed by atoms with Crippen molar-refractivity contribution in [2.45, 2.75) is 59.3 Å². The van der Waals surface area contributed by atoms with Crippen LogP contribution >= 0.6 is 0 Å². The molecule has 0 aromatic carbocycles. The Labute approximate surface area is 71.8 Å². The van der Waals surface area contributed by atoms with Crippen molar-refractivity contribution in [3.8, 4) is 0 Å². The Hall–Kier alpha value is -0.0400. The van der Waals surface area contributed by atoms with Gasteiger partial charge in [-0.3, -0.25) is 0 Å². The lowest BCUT2D eigenvalue weighted by Gasteiger charge is -1.95. The maximum atomic E-state index is 8.42. The summed E-state index contributed by atoms with van der Waals surface area (Å²) in [6.07, 6.45) is 7.50. The minimum Gasteiger partial charge on any atom is -0.396 e. The molecule has 0 atom stereocenters. The van der Waals surface area contributed by atoms with Crippen LogP contribution < -0.4 is 0 Å². The summed E-state index contributed by atoms with van der Waals surface area (Å²) < 4.78 is 0. The fourth-order valence-corrected chi connectivity index (χ4v) is 0.892. The lowest BCUT2D eigenvalue weighted by atomic mass is 10.1. The third-order valence-corrected chi connectivity index (χ3v) is 1.51. The van der Waals surface area contributed by atoms with E-state index < -0.39 is 0 Å². The van der Waals surface area contributed by atoms with Crippen molar-refractivity contribution in [2.75, 3.05) is 6.61 Å². The quantitative estimate of drug-likeness (QED) is 0.591. The summed E-state index contributed by atoms with van der Waals surface area (Å²) in [7, 11) is 0. The van der Waals surface area contributed by atoms with Crippen molar-refractivity contribution in [3.63, 3.8) is 0 Å². The highest BCUT2D eigenvalue weighted by Crippen LogP contribution is 2.03. The summed E-state index contributed by atoms with van der Waals surface area (Å²) in [5.74, 6) is 0. The lowest BCUT2D eigenvalue weighted by molar-refractivity contribution is 0.282. The van der Waals surface area contributed by atoms with Gasteiger partial charge in [0.15, 0.2) is 0 Å². The van der Waals surface area contributed by atoms with Gasteiger partial charge in [-0.05, 0) is 6.42 Å². The fraction of sp³-hybridized carbons (Fsp3) is 1.00. The van der Waals surface area contributed by atoms with Crippen molar-refractivity contribution < 1.29 is 5.11 Å². The molecule has 0 aliphatic carbocycles. The topological polar surface area (TPSA) is 20.2 Å². The summed E-state index contributed by atoms with van der Waals surface area (Å²) in [4.78, 5) is 0. The van der Waals surface area contributed by atoms with Gasteiger partial charge in [-0.1, -0.05) is 52.9 Å². The molecule has 0 radical (unpaired) electrons. The van der Waals surface area contributed by atoms with Gasteiger partial charge in [-0.2, -0.15) is 0 Å². The smallest absolute Gasteiger partial charge is 0.0431 e. The van der Waals surface area contributed by atoms with Crippen LogP contribution in [0.25, 0.3) is 0 Å². The van der Waals surface area contributed by atoms with Gasteiger partial charge in [0.1, 0.15) is 0 Å². The second kappa shape index (κ2) is 16.5. The average Bonchev–Trinajstić information content (AvgIpc) is 2.08. The number of aliphatic hydroxyl groups excluding tert-OH is 1. The molecule has 0 rings (SSSR count). The maximum absolute atomic E-state index is 8.42. The summed E-state index contributed by atoms with van der Waals surface area (Å²) in [6, 6.07) is 0. The van der Waals surface area contributed by atoms with E-state index in [1.165, 1.54) is 32.1 Å². The SMILES string of the molecule is CC.CCCCCCCCO. The van der Waals surface area contributed by atoms with Crippen LogP contribution in [0.15, 0.2) is 0 Å². The molecule has 1 N–H and O–H groups in total. The van der Waals surface area contributed by atoms with Gasteiger partial charge in [0.05, 0.1) is 0 Å².